The van der Waals surface area contributed by atoms with Crippen LogP contribution in [0.3, 0.4) is 0 Å². The van der Waals surface area contributed by atoms with Gasteiger partial charge >= 0.3 is 12.1 Å². The molecule has 5 rings (SSSR count). The van der Waals surface area contributed by atoms with Gasteiger partial charge in [0.05, 0.1) is 0 Å². The van der Waals surface area contributed by atoms with Gasteiger partial charge in [-0.2, -0.15) is 13.2 Å². The minimum absolute atomic E-state index is 0.0117. The van der Waals surface area contributed by atoms with Gasteiger partial charge in [-0.25, -0.2) is 4.98 Å². The van der Waals surface area contributed by atoms with Crippen LogP contribution in [0.15, 0.2) is 24.4 Å². The Hall–Kier alpha value is -3.37. The molecule has 0 aromatic carbocycles. The second-order valence-corrected chi connectivity index (χ2v) is 8.46. The lowest BCUT2D eigenvalue weighted by molar-refractivity contribution is -0.185. The highest BCUT2D eigenvalue weighted by Crippen LogP contribution is 2.33. The lowest BCUT2D eigenvalue weighted by Crippen LogP contribution is -2.43. The number of nitrogens with two attached hydrogens (primary N) is 1. The first-order valence-electron chi connectivity index (χ1n) is 10.8. The molecule has 3 amide bonds. The Morgan fingerprint density at radius 2 is 1.85 bits per heavy atom. The summed E-state index contributed by atoms with van der Waals surface area (Å²) in [6.45, 7) is -0.117. The predicted molar refractivity (Wildman–Crippen MR) is 115 cm³/mol. The van der Waals surface area contributed by atoms with E-state index >= 15 is 0 Å². The van der Waals surface area contributed by atoms with Crippen LogP contribution in [0.2, 0.25) is 0 Å². The number of carbonyl (C=O) groups excluding carboxylic acids is 3. The van der Waals surface area contributed by atoms with Gasteiger partial charge in [-0.1, -0.05) is 6.08 Å². The van der Waals surface area contributed by atoms with Crippen molar-refractivity contribution in [2.45, 2.75) is 38.3 Å². The van der Waals surface area contributed by atoms with Gasteiger partial charge in [0.1, 0.15) is 11.5 Å². The van der Waals surface area contributed by atoms with Crippen LogP contribution in [0.25, 0.3) is 16.6 Å². The molecule has 0 unspecified atom stereocenters. The van der Waals surface area contributed by atoms with Crippen LogP contribution >= 0.6 is 0 Å². The minimum Gasteiger partial charge on any atom is -0.369 e. The fourth-order valence-corrected chi connectivity index (χ4v) is 3.59. The summed E-state index contributed by atoms with van der Waals surface area (Å²) in [4.78, 5) is 41.6. The van der Waals surface area contributed by atoms with E-state index in [1.807, 2.05) is 6.07 Å². The number of hydrogen-bond acceptors (Lipinski definition) is 4. The summed E-state index contributed by atoms with van der Waals surface area (Å²) >= 11 is 0. The van der Waals surface area contributed by atoms with E-state index in [4.69, 9.17) is 5.73 Å². The van der Waals surface area contributed by atoms with Crippen LogP contribution in [-0.4, -0.2) is 51.9 Å². The van der Waals surface area contributed by atoms with Crippen LogP contribution in [-0.2, 0) is 14.4 Å². The highest BCUT2D eigenvalue weighted by molar-refractivity contribution is 5.97. The summed E-state index contributed by atoms with van der Waals surface area (Å²) in [5.74, 6) is -1.34. The van der Waals surface area contributed by atoms with E-state index in [9.17, 15) is 27.6 Å². The maximum Gasteiger partial charge on any atom is 0.471 e. The molecule has 0 radical (unpaired) electrons. The molecule has 1 aliphatic heterocycles. The summed E-state index contributed by atoms with van der Waals surface area (Å²) in [6.07, 6.45) is 2.57. The van der Waals surface area contributed by atoms with Crippen molar-refractivity contribution in [1.82, 2.24) is 14.9 Å². The number of carbonyl (C=O) groups is 3. The first-order chi connectivity index (χ1) is 15.6. The number of amides is 3. The van der Waals surface area contributed by atoms with Crippen molar-refractivity contribution in [3.63, 3.8) is 0 Å². The lowest BCUT2D eigenvalue weighted by atomic mass is 9.97. The summed E-state index contributed by atoms with van der Waals surface area (Å²) < 4.78 is 37.8. The highest BCUT2D eigenvalue weighted by Gasteiger charge is 2.42. The van der Waals surface area contributed by atoms with Crippen LogP contribution in [0.1, 0.15) is 37.7 Å². The molecule has 2 aromatic rings. The topological polar surface area (TPSA) is 121 Å². The third-order valence-electron chi connectivity index (χ3n) is 5.79. The predicted octanol–water partition coefficient (Wildman–Crippen LogP) is 2.97. The number of primary amides is 1. The van der Waals surface area contributed by atoms with Crippen molar-refractivity contribution in [3.05, 3.63) is 30.0 Å². The van der Waals surface area contributed by atoms with Gasteiger partial charge in [-0.15, -0.1) is 0 Å². The number of anilines is 1. The quantitative estimate of drug-likeness (QED) is 0.645. The molecule has 2 aliphatic carbocycles. The molecule has 0 spiro atoms. The van der Waals surface area contributed by atoms with Crippen LogP contribution in [0, 0.1) is 11.8 Å². The van der Waals surface area contributed by atoms with Crippen LogP contribution in [0.5, 0.6) is 0 Å². The number of pyridine rings is 1. The zero-order chi connectivity index (χ0) is 23.8. The molecule has 2 aromatic heterocycles. The van der Waals surface area contributed by atoms with E-state index in [-0.39, 0.29) is 36.7 Å². The van der Waals surface area contributed by atoms with Crippen LogP contribution in [0.4, 0.5) is 19.0 Å². The molecule has 0 bridgehead atoms. The van der Waals surface area contributed by atoms with Crippen molar-refractivity contribution in [1.29, 1.82) is 0 Å². The Bertz CT molecular complexity index is 1120. The first kappa shape index (κ1) is 22.8. The van der Waals surface area contributed by atoms with E-state index in [0.717, 1.165) is 47.1 Å². The number of H-pyrrole nitrogens is 1. The number of rotatable bonds is 4. The summed E-state index contributed by atoms with van der Waals surface area (Å²) in [6, 6.07) is 3.57. The van der Waals surface area contributed by atoms with Gasteiger partial charge in [-0.3, -0.25) is 14.4 Å². The average Bonchev–Trinajstić information content (AvgIpc) is 3.69. The van der Waals surface area contributed by atoms with E-state index in [1.165, 1.54) is 0 Å². The standard InChI is InChI=1S/C18H17F3N4O2.C4H7NO/c19-18(20,21)17(27)25-7-4-10(5-8-25)13-9-14(24-16(26)11-1-2-11)23-15-12(13)3-6-22-15;5-4(6)3-1-2-3/h3-4,6,9,11H,1-2,5,7-8H2,(H2,22,23,24,26);3H,1-2H2,(H2,5,6). The zero-order valence-corrected chi connectivity index (χ0v) is 17.7. The molecule has 4 N–H and O–H groups in total. The maximum absolute atomic E-state index is 12.6. The minimum atomic E-state index is -4.86. The molecule has 3 aliphatic rings. The lowest BCUT2D eigenvalue weighted by Gasteiger charge is -2.27. The third kappa shape index (κ3) is 5.52. The Morgan fingerprint density at radius 1 is 1.15 bits per heavy atom. The summed E-state index contributed by atoms with van der Waals surface area (Å²) in [7, 11) is 0. The van der Waals surface area contributed by atoms with Crippen molar-refractivity contribution in [3.8, 4) is 0 Å². The fraction of sp³-hybridized carbons (Fsp3) is 0.455. The van der Waals surface area contributed by atoms with Gasteiger partial charge < -0.3 is 20.9 Å². The normalized spacial score (nSPS) is 18.3. The number of nitrogens with zero attached hydrogens (tertiary/aromatic N) is 2. The maximum atomic E-state index is 12.6. The van der Waals surface area contributed by atoms with Gasteiger partial charge in [0.25, 0.3) is 0 Å². The number of aromatic nitrogens is 2. The number of aromatic amines is 1. The second-order valence-electron chi connectivity index (χ2n) is 8.46. The van der Waals surface area contributed by atoms with E-state index < -0.39 is 12.1 Å². The molecule has 2 saturated carbocycles. The molecular weight excluding hydrogens is 439 g/mol. The molecule has 0 atom stereocenters. The van der Waals surface area contributed by atoms with Crippen LogP contribution < -0.4 is 11.1 Å². The molecule has 8 nitrogen and oxygen atoms in total. The first-order valence-corrected chi connectivity index (χ1v) is 10.8. The van der Waals surface area contributed by atoms with E-state index in [0.29, 0.717) is 17.9 Å². The van der Waals surface area contributed by atoms with E-state index in [2.05, 4.69) is 15.3 Å². The largest absolute Gasteiger partial charge is 0.471 e. The van der Waals surface area contributed by atoms with E-state index in [1.54, 1.807) is 18.3 Å². The van der Waals surface area contributed by atoms with Crippen molar-refractivity contribution in [2.75, 3.05) is 18.4 Å². The number of hydrogen-bond donors (Lipinski definition) is 3. The van der Waals surface area contributed by atoms with Gasteiger partial charge in [0.15, 0.2) is 0 Å². The Kier molecular flexibility index (Phi) is 6.13. The Morgan fingerprint density at radius 3 is 2.36 bits per heavy atom. The average molecular weight is 463 g/mol. The monoisotopic (exact) mass is 463 g/mol. The third-order valence-corrected chi connectivity index (χ3v) is 5.79. The summed E-state index contributed by atoms with van der Waals surface area (Å²) in [5, 5.41) is 3.62. The molecule has 2 fully saturated rings. The molecule has 11 heteroatoms. The Labute approximate surface area is 187 Å². The fourth-order valence-electron chi connectivity index (χ4n) is 3.59. The number of nitrogens with one attached hydrogen (secondary N) is 2. The summed E-state index contributed by atoms with van der Waals surface area (Å²) in [5.41, 5.74) is 7.08. The molecule has 3 heterocycles. The van der Waals surface area contributed by atoms with Gasteiger partial charge in [0, 0.05) is 36.5 Å². The number of fused-ring (bicyclic) bond motifs is 1. The highest BCUT2D eigenvalue weighted by atomic mass is 19.4. The smallest absolute Gasteiger partial charge is 0.369 e. The van der Waals surface area contributed by atoms with Gasteiger partial charge in [-0.05, 0) is 55.4 Å². The SMILES string of the molecule is NC(=O)C1CC1.O=C(Nc1cc(C2=CCN(C(=O)C(F)(F)F)CC2)c2cc[nH]c2n1)C1CC1. The van der Waals surface area contributed by atoms with Crippen molar-refractivity contribution in [2.24, 2.45) is 17.6 Å². The molecular formula is C22H24F3N5O3. The van der Waals surface area contributed by atoms with Crippen molar-refractivity contribution >= 4 is 40.1 Å². The molecule has 0 saturated heterocycles. The molecule has 33 heavy (non-hydrogen) atoms. The second kappa shape index (κ2) is 8.87. The number of halogens is 3. The Balaban J connectivity index is 0.000000376. The zero-order valence-electron chi connectivity index (χ0n) is 17.7. The number of alkyl halides is 3. The molecule has 176 valence electrons. The van der Waals surface area contributed by atoms with Crippen molar-refractivity contribution < 1.29 is 27.6 Å². The van der Waals surface area contributed by atoms with Gasteiger partial charge in [0.2, 0.25) is 11.8 Å².